The van der Waals surface area contributed by atoms with Crippen molar-refractivity contribution in [2.75, 3.05) is 33.7 Å². The van der Waals surface area contributed by atoms with Crippen LogP contribution in [0.25, 0.3) is 0 Å². The maximum Gasteiger partial charge on any atom is 0.239 e. The third-order valence-electron chi connectivity index (χ3n) is 4.45. The normalized spacial score (nSPS) is 24.9. The molecule has 0 aromatic rings. The van der Waals surface area contributed by atoms with Crippen LogP contribution in [0.3, 0.4) is 0 Å². The summed E-state index contributed by atoms with van der Waals surface area (Å²) in [4.78, 5) is 17.1. The summed E-state index contributed by atoms with van der Waals surface area (Å²) in [5.41, 5.74) is 0. The first-order chi connectivity index (χ1) is 9.18. The topological polar surface area (TPSA) is 35.6 Å². The standard InChI is InChI=1S/C15H29N3O/c1-17(2)11-12-18(13-7-3-4-8-13)15(19)14-9-5-6-10-16-14/h13-14,16H,3-12H2,1-2H3/t14-/m0/s1. The smallest absolute Gasteiger partial charge is 0.239 e. The van der Waals surface area contributed by atoms with E-state index in [0.717, 1.165) is 26.1 Å². The van der Waals surface area contributed by atoms with Gasteiger partial charge in [0.1, 0.15) is 0 Å². The van der Waals surface area contributed by atoms with E-state index in [2.05, 4.69) is 29.2 Å². The molecule has 0 unspecified atom stereocenters. The van der Waals surface area contributed by atoms with Crippen LogP contribution in [0.5, 0.6) is 0 Å². The number of amides is 1. The number of piperidine rings is 1. The third-order valence-corrected chi connectivity index (χ3v) is 4.45. The number of likely N-dealkylation sites (N-methyl/N-ethyl adjacent to an activating group) is 1. The van der Waals surface area contributed by atoms with E-state index in [1.165, 1.54) is 38.5 Å². The first kappa shape index (κ1) is 14.8. The summed E-state index contributed by atoms with van der Waals surface area (Å²) in [5, 5.41) is 3.41. The van der Waals surface area contributed by atoms with Crippen LogP contribution in [0.15, 0.2) is 0 Å². The van der Waals surface area contributed by atoms with E-state index in [-0.39, 0.29) is 6.04 Å². The number of hydrogen-bond donors (Lipinski definition) is 1. The van der Waals surface area contributed by atoms with Crippen LogP contribution in [0.1, 0.15) is 44.9 Å². The van der Waals surface area contributed by atoms with Crippen LogP contribution in [0.2, 0.25) is 0 Å². The Morgan fingerprint density at radius 2 is 1.74 bits per heavy atom. The molecule has 19 heavy (non-hydrogen) atoms. The maximum atomic E-state index is 12.7. The lowest BCUT2D eigenvalue weighted by atomic mass is 10.0. The fraction of sp³-hybridized carbons (Fsp3) is 0.933. The minimum Gasteiger partial charge on any atom is -0.337 e. The average Bonchev–Trinajstić information content (AvgIpc) is 2.93. The summed E-state index contributed by atoms with van der Waals surface area (Å²) in [6, 6.07) is 0.577. The van der Waals surface area contributed by atoms with Crippen LogP contribution in [0, 0.1) is 0 Å². The Morgan fingerprint density at radius 1 is 1.05 bits per heavy atom. The maximum absolute atomic E-state index is 12.7. The van der Waals surface area contributed by atoms with Crippen LogP contribution in [0.4, 0.5) is 0 Å². The van der Waals surface area contributed by atoms with Gasteiger partial charge in [0.25, 0.3) is 0 Å². The number of nitrogens with zero attached hydrogens (tertiary/aromatic N) is 2. The Morgan fingerprint density at radius 3 is 2.32 bits per heavy atom. The summed E-state index contributed by atoms with van der Waals surface area (Å²) >= 11 is 0. The predicted octanol–water partition coefficient (Wildman–Crippen LogP) is 1.46. The fourth-order valence-corrected chi connectivity index (χ4v) is 3.26. The van der Waals surface area contributed by atoms with Crippen molar-refractivity contribution in [1.82, 2.24) is 15.1 Å². The van der Waals surface area contributed by atoms with Gasteiger partial charge in [-0.05, 0) is 46.3 Å². The van der Waals surface area contributed by atoms with Gasteiger partial charge in [-0.1, -0.05) is 19.3 Å². The first-order valence-corrected chi connectivity index (χ1v) is 7.87. The Kier molecular flexibility index (Phi) is 5.64. The molecule has 2 aliphatic rings. The van der Waals surface area contributed by atoms with Crippen LogP contribution in [-0.4, -0.2) is 61.5 Å². The average molecular weight is 267 g/mol. The lowest BCUT2D eigenvalue weighted by Gasteiger charge is -2.34. The van der Waals surface area contributed by atoms with Crippen LogP contribution >= 0.6 is 0 Å². The highest BCUT2D eigenvalue weighted by Gasteiger charge is 2.31. The first-order valence-electron chi connectivity index (χ1n) is 7.87. The number of carbonyl (C=O) groups is 1. The summed E-state index contributed by atoms with van der Waals surface area (Å²) in [6.07, 6.45) is 8.39. The number of carbonyl (C=O) groups excluding carboxylic acids is 1. The molecule has 1 amide bonds. The van der Waals surface area contributed by atoms with Crippen molar-refractivity contribution in [1.29, 1.82) is 0 Å². The molecule has 1 heterocycles. The van der Waals surface area contributed by atoms with E-state index in [1.807, 2.05) is 0 Å². The van der Waals surface area contributed by atoms with Gasteiger partial charge in [-0.3, -0.25) is 4.79 Å². The highest BCUT2D eigenvalue weighted by Crippen LogP contribution is 2.24. The Balaban J connectivity index is 1.95. The van der Waals surface area contributed by atoms with E-state index >= 15 is 0 Å². The molecular formula is C15H29N3O. The molecular weight excluding hydrogens is 238 g/mol. The van der Waals surface area contributed by atoms with Gasteiger partial charge in [0, 0.05) is 19.1 Å². The van der Waals surface area contributed by atoms with Gasteiger partial charge in [0.05, 0.1) is 6.04 Å². The van der Waals surface area contributed by atoms with Gasteiger partial charge in [-0.25, -0.2) is 0 Å². The van der Waals surface area contributed by atoms with Gasteiger partial charge in [-0.15, -0.1) is 0 Å². The number of hydrogen-bond acceptors (Lipinski definition) is 3. The lowest BCUT2D eigenvalue weighted by Crippen LogP contribution is -2.52. The van der Waals surface area contributed by atoms with Crippen molar-refractivity contribution < 1.29 is 4.79 Å². The molecule has 110 valence electrons. The number of nitrogens with one attached hydrogen (secondary N) is 1. The SMILES string of the molecule is CN(C)CCN(C(=O)[C@@H]1CCCCN1)C1CCCC1. The second-order valence-corrected chi connectivity index (χ2v) is 6.28. The lowest BCUT2D eigenvalue weighted by molar-refractivity contribution is -0.136. The van der Waals surface area contributed by atoms with E-state index in [9.17, 15) is 4.79 Å². The second kappa shape index (κ2) is 7.25. The van der Waals surface area contributed by atoms with Crippen molar-refractivity contribution in [2.24, 2.45) is 0 Å². The predicted molar refractivity (Wildman–Crippen MR) is 78.2 cm³/mol. The Bertz CT molecular complexity index is 281. The molecule has 1 atom stereocenters. The second-order valence-electron chi connectivity index (χ2n) is 6.28. The molecule has 4 nitrogen and oxygen atoms in total. The van der Waals surface area contributed by atoms with Crippen molar-refractivity contribution in [3.63, 3.8) is 0 Å². The third kappa shape index (κ3) is 4.18. The van der Waals surface area contributed by atoms with Gasteiger partial charge in [0.15, 0.2) is 0 Å². The van der Waals surface area contributed by atoms with E-state index in [1.54, 1.807) is 0 Å². The van der Waals surface area contributed by atoms with Crippen LogP contribution in [-0.2, 0) is 4.79 Å². The largest absolute Gasteiger partial charge is 0.337 e. The van der Waals surface area contributed by atoms with Gasteiger partial charge in [0.2, 0.25) is 5.91 Å². The Labute approximate surface area is 117 Å². The highest BCUT2D eigenvalue weighted by molar-refractivity contribution is 5.82. The molecule has 2 rings (SSSR count). The van der Waals surface area contributed by atoms with Gasteiger partial charge >= 0.3 is 0 Å². The summed E-state index contributed by atoms with van der Waals surface area (Å²) in [5.74, 6) is 0.355. The molecule has 4 heteroatoms. The molecule has 1 aliphatic heterocycles. The molecule has 0 spiro atoms. The summed E-state index contributed by atoms with van der Waals surface area (Å²) < 4.78 is 0. The monoisotopic (exact) mass is 267 g/mol. The zero-order valence-electron chi connectivity index (χ0n) is 12.5. The Hall–Kier alpha value is -0.610. The minimum absolute atomic E-state index is 0.0801. The zero-order valence-corrected chi connectivity index (χ0v) is 12.5. The zero-order chi connectivity index (χ0) is 13.7. The van der Waals surface area contributed by atoms with Crippen molar-refractivity contribution in [3.05, 3.63) is 0 Å². The quantitative estimate of drug-likeness (QED) is 0.819. The molecule has 0 aromatic heterocycles. The van der Waals surface area contributed by atoms with Crippen molar-refractivity contribution in [3.8, 4) is 0 Å². The van der Waals surface area contributed by atoms with Crippen LogP contribution < -0.4 is 5.32 Å². The highest BCUT2D eigenvalue weighted by atomic mass is 16.2. The molecule has 1 saturated carbocycles. The molecule has 1 aliphatic carbocycles. The summed E-state index contributed by atoms with van der Waals surface area (Å²) in [7, 11) is 4.16. The molecule has 1 N–H and O–H groups in total. The van der Waals surface area contributed by atoms with Crippen molar-refractivity contribution in [2.45, 2.75) is 57.0 Å². The molecule has 2 fully saturated rings. The molecule has 0 bridgehead atoms. The van der Waals surface area contributed by atoms with E-state index < -0.39 is 0 Å². The van der Waals surface area contributed by atoms with Crippen molar-refractivity contribution >= 4 is 5.91 Å². The number of rotatable bonds is 5. The summed E-state index contributed by atoms with van der Waals surface area (Å²) in [6.45, 7) is 2.85. The molecule has 0 radical (unpaired) electrons. The van der Waals surface area contributed by atoms with E-state index in [0.29, 0.717) is 11.9 Å². The fourth-order valence-electron chi connectivity index (χ4n) is 3.26. The molecule has 1 saturated heterocycles. The van der Waals surface area contributed by atoms with E-state index in [4.69, 9.17) is 0 Å². The minimum atomic E-state index is 0.0801. The van der Waals surface area contributed by atoms with Gasteiger partial charge < -0.3 is 15.1 Å². The van der Waals surface area contributed by atoms with Gasteiger partial charge in [-0.2, -0.15) is 0 Å². The molecule has 0 aromatic carbocycles.